The van der Waals surface area contributed by atoms with Crippen LogP contribution in [0.2, 0.25) is 0 Å². The molecule has 0 saturated carbocycles. The van der Waals surface area contributed by atoms with E-state index in [0.717, 1.165) is 0 Å². The van der Waals surface area contributed by atoms with Crippen molar-refractivity contribution in [3.63, 3.8) is 0 Å². The van der Waals surface area contributed by atoms with Crippen molar-refractivity contribution in [3.8, 4) is 12.3 Å². The van der Waals surface area contributed by atoms with E-state index >= 15 is 0 Å². The second-order valence-corrected chi connectivity index (χ2v) is 2.31. The Hall–Kier alpha value is -0.690. The molecule has 0 heterocycles. The molecule has 0 aliphatic heterocycles. The van der Waals surface area contributed by atoms with E-state index in [9.17, 15) is 13.2 Å². The molecule has 4 heteroatoms. The molecular weight excluding hydrogens is 155 g/mol. The van der Waals surface area contributed by atoms with Gasteiger partial charge in [-0.25, -0.2) is 0 Å². The van der Waals surface area contributed by atoms with Gasteiger partial charge in [-0.05, 0) is 6.92 Å². The highest BCUT2D eigenvalue weighted by molar-refractivity contribution is 4.88. The van der Waals surface area contributed by atoms with Crippen LogP contribution in [0.25, 0.3) is 0 Å². The molecule has 0 radical (unpaired) electrons. The fourth-order valence-corrected chi connectivity index (χ4v) is 0.539. The van der Waals surface area contributed by atoms with Crippen molar-refractivity contribution >= 4 is 0 Å². The van der Waals surface area contributed by atoms with Crippen LogP contribution in [0.4, 0.5) is 13.2 Å². The molecule has 0 aromatic rings. The minimum atomic E-state index is -4.15. The van der Waals surface area contributed by atoms with Gasteiger partial charge in [0, 0.05) is 12.5 Å². The maximum absolute atomic E-state index is 11.5. The first-order valence-electron chi connectivity index (χ1n) is 3.19. The molecule has 1 unspecified atom stereocenters. The zero-order chi connectivity index (χ0) is 8.91. The zero-order valence-corrected chi connectivity index (χ0v) is 6.20. The molecule has 1 nitrogen and oxygen atoms in total. The summed E-state index contributed by atoms with van der Waals surface area (Å²) in [4.78, 5) is 0. The van der Waals surface area contributed by atoms with Crippen LogP contribution in [0.3, 0.4) is 0 Å². The quantitative estimate of drug-likeness (QED) is 0.625. The van der Waals surface area contributed by atoms with Crippen LogP contribution in [-0.2, 0) is 0 Å². The highest BCUT2D eigenvalue weighted by Crippen LogP contribution is 2.12. The molecule has 0 amide bonds. The smallest absolute Gasteiger partial charge is 0.305 e. The number of alkyl halides is 3. The largest absolute Gasteiger partial charge is 0.401 e. The van der Waals surface area contributed by atoms with Gasteiger partial charge in [-0.3, -0.25) is 0 Å². The molecule has 0 fully saturated rings. The average Bonchev–Trinajstić information content (AvgIpc) is 1.83. The van der Waals surface area contributed by atoms with Crippen molar-refractivity contribution in [2.24, 2.45) is 0 Å². The summed E-state index contributed by atoms with van der Waals surface area (Å²) in [6.07, 6.45) is 1.06. The Labute approximate surface area is 64.0 Å². The molecular formula is C7H10F3N. The topological polar surface area (TPSA) is 12.0 Å². The van der Waals surface area contributed by atoms with E-state index in [1.807, 2.05) is 0 Å². The fourth-order valence-electron chi connectivity index (χ4n) is 0.539. The molecule has 0 spiro atoms. The average molecular weight is 165 g/mol. The number of hydrogen-bond donors (Lipinski definition) is 1. The molecule has 0 aromatic heterocycles. The summed E-state index contributed by atoms with van der Waals surface area (Å²) >= 11 is 0. The summed E-state index contributed by atoms with van der Waals surface area (Å²) in [5.41, 5.74) is 0. The van der Waals surface area contributed by atoms with Crippen molar-refractivity contribution in [1.82, 2.24) is 5.32 Å². The lowest BCUT2D eigenvalue weighted by molar-refractivity contribution is -0.125. The first-order valence-corrected chi connectivity index (χ1v) is 3.19. The zero-order valence-electron chi connectivity index (χ0n) is 6.20. The van der Waals surface area contributed by atoms with Gasteiger partial charge in [-0.1, -0.05) is 0 Å². The van der Waals surface area contributed by atoms with E-state index < -0.39 is 12.7 Å². The van der Waals surface area contributed by atoms with Crippen LogP contribution in [-0.4, -0.2) is 18.8 Å². The van der Waals surface area contributed by atoms with E-state index in [-0.39, 0.29) is 6.04 Å². The number of rotatable bonds is 3. The van der Waals surface area contributed by atoms with Crippen LogP contribution < -0.4 is 5.32 Å². The summed E-state index contributed by atoms with van der Waals surface area (Å²) in [5, 5.41) is 2.26. The first-order chi connectivity index (χ1) is 4.95. The third-order valence-corrected chi connectivity index (χ3v) is 1.08. The highest BCUT2D eigenvalue weighted by Gasteiger charge is 2.26. The molecule has 0 rings (SSSR count). The fraction of sp³-hybridized carbons (Fsp3) is 0.714. The molecule has 64 valence electrons. The number of nitrogens with one attached hydrogen (secondary N) is 1. The minimum Gasteiger partial charge on any atom is -0.305 e. The van der Waals surface area contributed by atoms with Gasteiger partial charge in [0.25, 0.3) is 0 Å². The Kier molecular flexibility index (Phi) is 3.98. The van der Waals surface area contributed by atoms with Gasteiger partial charge in [0.15, 0.2) is 0 Å². The van der Waals surface area contributed by atoms with E-state index in [4.69, 9.17) is 6.42 Å². The van der Waals surface area contributed by atoms with Gasteiger partial charge in [-0.2, -0.15) is 13.2 Å². The summed E-state index contributed by atoms with van der Waals surface area (Å²) < 4.78 is 34.6. The molecule has 0 aliphatic rings. The van der Waals surface area contributed by atoms with Crippen LogP contribution in [0, 0.1) is 12.3 Å². The Morgan fingerprint density at radius 3 is 2.45 bits per heavy atom. The second kappa shape index (κ2) is 4.24. The van der Waals surface area contributed by atoms with Crippen molar-refractivity contribution < 1.29 is 13.2 Å². The van der Waals surface area contributed by atoms with Crippen molar-refractivity contribution in [2.75, 3.05) is 6.54 Å². The number of halogens is 3. The van der Waals surface area contributed by atoms with Gasteiger partial charge in [0.2, 0.25) is 0 Å². The van der Waals surface area contributed by atoms with Crippen molar-refractivity contribution in [3.05, 3.63) is 0 Å². The molecule has 1 N–H and O–H groups in total. The van der Waals surface area contributed by atoms with Crippen LogP contribution in [0.1, 0.15) is 13.3 Å². The predicted octanol–water partition coefficient (Wildman–Crippen LogP) is 1.55. The third-order valence-electron chi connectivity index (χ3n) is 1.08. The Morgan fingerprint density at radius 2 is 2.09 bits per heavy atom. The number of terminal acetylenes is 1. The Morgan fingerprint density at radius 1 is 1.55 bits per heavy atom. The third kappa shape index (κ3) is 7.20. The highest BCUT2D eigenvalue weighted by atomic mass is 19.4. The molecule has 11 heavy (non-hydrogen) atoms. The van der Waals surface area contributed by atoms with E-state index in [2.05, 4.69) is 11.2 Å². The summed E-state index contributed by atoms with van der Waals surface area (Å²) in [6.45, 7) is 0.640. The van der Waals surface area contributed by atoms with E-state index in [1.165, 1.54) is 0 Å². The second-order valence-electron chi connectivity index (χ2n) is 2.31. The molecule has 0 aliphatic carbocycles. The summed E-state index contributed by atoms with van der Waals surface area (Å²) in [6, 6.07) is -0.276. The van der Waals surface area contributed by atoms with Crippen LogP contribution >= 0.6 is 0 Å². The standard InChI is InChI=1S/C7H10F3N/c1-3-4-6(2)11-5-7(8,9)10/h1,6,11H,4-5H2,2H3. The molecule has 0 saturated heterocycles. The number of hydrogen-bond acceptors (Lipinski definition) is 1. The lowest BCUT2D eigenvalue weighted by atomic mass is 10.2. The Bertz CT molecular complexity index is 145. The van der Waals surface area contributed by atoms with E-state index in [0.29, 0.717) is 6.42 Å². The monoisotopic (exact) mass is 165 g/mol. The van der Waals surface area contributed by atoms with Gasteiger partial charge < -0.3 is 5.32 Å². The molecule has 1 atom stereocenters. The molecule has 0 aromatic carbocycles. The summed E-state index contributed by atoms with van der Waals surface area (Å²) in [7, 11) is 0. The Balaban J connectivity index is 3.48. The first kappa shape index (κ1) is 10.3. The maximum Gasteiger partial charge on any atom is 0.401 e. The van der Waals surface area contributed by atoms with Crippen molar-refractivity contribution in [1.29, 1.82) is 0 Å². The van der Waals surface area contributed by atoms with Gasteiger partial charge in [0.1, 0.15) is 0 Å². The summed E-state index contributed by atoms with van der Waals surface area (Å²) in [5.74, 6) is 2.27. The normalized spacial score (nSPS) is 14.1. The SMILES string of the molecule is C#CCC(C)NCC(F)(F)F. The maximum atomic E-state index is 11.5. The molecule has 0 bridgehead atoms. The van der Waals surface area contributed by atoms with Gasteiger partial charge in [0.05, 0.1) is 6.54 Å². The predicted molar refractivity (Wildman–Crippen MR) is 37.0 cm³/mol. The van der Waals surface area contributed by atoms with Gasteiger partial charge in [-0.15, -0.1) is 12.3 Å². The van der Waals surface area contributed by atoms with Crippen LogP contribution in [0.15, 0.2) is 0 Å². The van der Waals surface area contributed by atoms with Crippen molar-refractivity contribution in [2.45, 2.75) is 25.6 Å². The lowest BCUT2D eigenvalue weighted by Gasteiger charge is -2.12. The van der Waals surface area contributed by atoms with E-state index in [1.54, 1.807) is 6.92 Å². The van der Waals surface area contributed by atoms with Gasteiger partial charge >= 0.3 is 6.18 Å². The lowest BCUT2D eigenvalue weighted by Crippen LogP contribution is -2.35. The minimum absolute atomic E-state index is 0.276. The van der Waals surface area contributed by atoms with Crippen LogP contribution in [0.5, 0.6) is 0 Å².